The average molecular weight is 211 g/mol. The number of halogens is 1. The van der Waals surface area contributed by atoms with Gasteiger partial charge in [-0.1, -0.05) is 18.2 Å². The van der Waals surface area contributed by atoms with Crippen LogP contribution in [-0.4, -0.2) is 21.8 Å². The summed E-state index contributed by atoms with van der Waals surface area (Å²) < 4.78 is 10.8. The van der Waals surface area contributed by atoms with Crippen LogP contribution in [0.3, 0.4) is 0 Å². The van der Waals surface area contributed by atoms with E-state index in [4.69, 9.17) is 20.5 Å². The zero-order valence-electron chi connectivity index (χ0n) is 8.39. The van der Waals surface area contributed by atoms with Crippen LogP contribution >= 0.6 is 11.6 Å². The van der Waals surface area contributed by atoms with Gasteiger partial charge in [0.25, 0.3) is 0 Å². The van der Waals surface area contributed by atoms with Crippen LogP contribution in [0, 0.1) is 0 Å². The monoisotopic (exact) mass is 210 g/mol. The molecule has 0 heterocycles. The van der Waals surface area contributed by atoms with Gasteiger partial charge in [-0.05, 0) is 32.5 Å². The normalized spacial score (nSPS) is 10.1. The molecular formula is C8H19ClO2Si. The maximum Gasteiger partial charge on any atom is 0.331 e. The van der Waals surface area contributed by atoms with E-state index in [-0.39, 0.29) is 0 Å². The quantitative estimate of drug-likeness (QED) is 0.664. The minimum absolute atomic E-state index is 0.763. The Bertz CT molecular complexity index is 99.2. The molecule has 0 aliphatic rings. The molecular weight excluding hydrogens is 192 g/mol. The molecule has 0 aliphatic heterocycles. The summed E-state index contributed by atoms with van der Waals surface area (Å²) in [6.07, 6.45) is 0. The summed E-state index contributed by atoms with van der Waals surface area (Å²) in [5, 5.41) is 0. The Morgan fingerprint density at radius 1 is 1.25 bits per heavy atom. The van der Waals surface area contributed by atoms with Crippen molar-refractivity contribution in [2.45, 2.75) is 26.9 Å². The number of rotatable bonds is 4. The molecule has 0 aromatic rings. The molecule has 0 saturated heterocycles. The lowest BCUT2D eigenvalue weighted by Gasteiger charge is -2.20. The first-order valence-corrected chi connectivity index (χ1v) is 7.28. The summed E-state index contributed by atoms with van der Waals surface area (Å²) >= 11 is 4.76. The third kappa shape index (κ3) is 12.8. The van der Waals surface area contributed by atoms with Crippen LogP contribution in [-0.2, 0) is 8.85 Å². The Morgan fingerprint density at radius 3 is 1.67 bits per heavy atom. The predicted molar refractivity (Wildman–Crippen MR) is 56.8 cm³/mol. The topological polar surface area (TPSA) is 18.5 Å². The smallest absolute Gasteiger partial charge is 0.331 e. The van der Waals surface area contributed by atoms with E-state index in [1.807, 2.05) is 13.8 Å². The van der Waals surface area contributed by atoms with Gasteiger partial charge in [-0.25, -0.2) is 0 Å². The SMILES string of the molecule is C=CCl.CCO[Si](C)(C)OCC. The van der Waals surface area contributed by atoms with Crippen molar-refractivity contribution in [2.75, 3.05) is 13.2 Å². The Morgan fingerprint density at radius 2 is 1.50 bits per heavy atom. The molecule has 0 fully saturated rings. The van der Waals surface area contributed by atoms with E-state index in [0.29, 0.717) is 0 Å². The predicted octanol–water partition coefficient (Wildman–Crippen LogP) is 3.13. The molecule has 0 aromatic heterocycles. The van der Waals surface area contributed by atoms with E-state index in [1.54, 1.807) is 0 Å². The molecule has 0 N–H and O–H groups in total. The van der Waals surface area contributed by atoms with Gasteiger partial charge in [0.2, 0.25) is 0 Å². The van der Waals surface area contributed by atoms with Crippen LogP contribution < -0.4 is 0 Å². The van der Waals surface area contributed by atoms with E-state index in [9.17, 15) is 0 Å². The molecule has 0 saturated carbocycles. The van der Waals surface area contributed by atoms with Gasteiger partial charge in [-0.2, -0.15) is 0 Å². The minimum atomic E-state index is -1.70. The Labute approximate surface area is 81.8 Å². The molecule has 0 amide bonds. The van der Waals surface area contributed by atoms with Crippen LogP contribution in [0.25, 0.3) is 0 Å². The highest BCUT2D eigenvalue weighted by Gasteiger charge is 2.22. The van der Waals surface area contributed by atoms with Gasteiger partial charge in [0.1, 0.15) is 0 Å². The van der Waals surface area contributed by atoms with Crippen LogP contribution in [0.15, 0.2) is 12.1 Å². The molecule has 0 aromatic carbocycles. The van der Waals surface area contributed by atoms with Gasteiger partial charge in [0.05, 0.1) is 0 Å². The molecule has 0 aliphatic carbocycles. The maximum atomic E-state index is 5.39. The van der Waals surface area contributed by atoms with Gasteiger partial charge in [0, 0.05) is 13.2 Å². The molecule has 0 radical (unpaired) electrons. The summed E-state index contributed by atoms with van der Waals surface area (Å²) in [4.78, 5) is 0. The highest BCUT2D eigenvalue weighted by Crippen LogP contribution is 2.04. The third-order valence-electron chi connectivity index (χ3n) is 0.984. The Balaban J connectivity index is 0. The van der Waals surface area contributed by atoms with Crippen LogP contribution in [0.2, 0.25) is 13.1 Å². The van der Waals surface area contributed by atoms with Crippen molar-refractivity contribution in [3.8, 4) is 0 Å². The zero-order chi connectivity index (χ0) is 10.0. The van der Waals surface area contributed by atoms with E-state index in [2.05, 4.69) is 19.7 Å². The first-order valence-electron chi connectivity index (χ1n) is 4.03. The lowest BCUT2D eigenvalue weighted by molar-refractivity contribution is 0.196. The van der Waals surface area contributed by atoms with E-state index in [1.165, 1.54) is 5.54 Å². The van der Waals surface area contributed by atoms with Gasteiger partial charge in [-0.3, -0.25) is 0 Å². The Hall–Kier alpha value is 0.167. The average Bonchev–Trinajstić information content (AvgIpc) is 1.88. The first kappa shape index (κ1) is 14.7. The second-order valence-electron chi connectivity index (χ2n) is 2.42. The summed E-state index contributed by atoms with van der Waals surface area (Å²) in [5.74, 6) is 0. The van der Waals surface area contributed by atoms with Gasteiger partial charge in [-0.15, -0.1) is 0 Å². The fourth-order valence-corrected chi connectivity index (χ4v) is 2.21. The number of hydrogen-bond acceptors (Lipinski definition) is 2. The molecule has 0 unspecified atom stereocenters. The minimum Gasteiger partial charge on any atom is -0.395 e. The summed E-state index contributed by atoms with van der Waals surface area (Å²) in [7, 11) is -1.70. The van der Waals surface area contributed by atoms with Crippen molar-refractivity contribution in [2.24, 2.45) is 0 Å². The summed E-state index contributed by atoms with van der Waals surface area (Å²) in [6, 6.07) is 0. The van der Waals surface area contributed by atoms with E-state index >= 15 is 0 Å². The standard InChI is InChI=1S/C6H16O2Si.C2H3Cl/c1-5-7-9(3,4)8-6-2;1-2-3/h5-6H2,1-4H3;2H,1H2. The first-order chi connectivity index (χ1) is 5.54. The van der Waals surface area contributed by atoms with Crippen molar-refractivity contribution in [3.63, 3.8) is 0 Å². The molecule has 0 bridgehead atoms. The van der Waals surface area contributed by atoms with Crippen molar-refractivity contribution in [3.05, 3.63) is 12.1 Å². The summed E-state index contributed by atoms with van der Waals surface area (Å²) in [5.41, 5.74) is 1.22. The second-order valence-corrected chi connectivity index (χ2v) is 6.11. The number of hydrogen-bond donors (Lipinski definition) is 0. The molecule has 0 atom stereocenters. The molecule has 4 heteroatoms. The molecule has 2 nitrogen and oxygen atoms in total. The maximum absolute atomic E-state index is 5.39. The van der Waals surface area contributed by atoms with E-state index in [0.717, 1.165) is 13.2 Å². The molecule has 0 spiro atoms. The third-order valence-corrected chi connectivity index (χ3v) is 2.95. The van der Waals surface area contributed by atoms with Crippen molar-refractivity contribution in [1.82, 2.24) is 0 Å². The lowest BCUT2D eigenvalue weighted by atomic mass is 10.9. The van der Waals surface area contributed by atoms with E-state index < -0.39 is 8.56 Å². The highest BCUT2D eigenvalue weighted by atomic mass is 35.5. The molecule has 0 rings (SSSR count). The fraction of sp³-hybridized carbons (Fsp3) is 0.750. The van der Waals surface area contributed by atoms with Crippen molar-refractivity contribution in [1.29, 1.82) is 0 Å². The molecule has 12 heavy (non-hydrogen) atoms. The van der Waals surface area contributed by atoms with Gasteiger partial charge < -0.3 is 8.85 Å². The second kappa shape index (κ2) is 9.26. The zero-order valence-corrected chi connectivity index (χ0v) is 10.1. The Kier molecular flexibility index (Phi) is 11.3. The van der Waals surface area contributed by atoms with Gasteiger partial charge >= 0.3 is 8.56 Å². The van der Waals surface area contributed by atoms with Crippen LogP contribution in [0.4, 0.5) is 0 Å². The summed E-state index contributed by atoms with van der Waals surface area (Å²) in [6.45, 7) is 12.8. The van der Waals surface area contributed by atoms with Crippen LogP contribution in [0.1, 0.15) is 13.8 Å². The van der Waals surface area contributed by atoms with Crippen LogP contribution in [0.5, 0.6) is 0 Å². The fourth-order valence-electron chi connectivity index (χ4n) is 0.737. The largest absolute Gasteiger partial charge is 0.395 e. The van der Waals surface area contributed by atoms with Crippen molar-refractivity contribution < 1.29 is 8.85 Å². The van der Waals surface area contributed by atoms with Gasteiger partial charge in [0.15, 0.2) is 0 Å². The lowest BCUT2D eigenvalue weighted by Crippen LogP contribution is -2.34. The molecule has 74 valence electrons. The highest BCUT2D eigenvalue weighted by molar-refractivity contribution is 6.64. The van der Waals surface area contributed by atoms with Crippen molar-refractivity contribution >= 4 is 20.2 Å².